The number of carbonyl (C=O) groups is 4. The molecule has 8 N–H and O–H groups in total. The van der Waals surface area contributed by atoms with Crippen LogP contribution in [-0.4, -0.2) is 200 Å². The van der Waals surface area contributed by atoms with Crippen molar-refractivity contribution in [3.8, 4) is 74.4 Å². The van der Waals surface area contributed by atoms with Crippen LogP contribution in [0.15, 0.2) is 91.6 Å². The second kappa shape index (κ2) is 45.6. The molecule has 7 aliphatic carbocycles. The average molecular weight is 1900 g/mol. The predicted molar refractivity (Wildman–Crippen MR) is 508 cm³/mol. The van der Waals surface area contributed by atoms with E-state index in [-0.39, 0.29) is 54.2 Å². The van der Waals surface area contributed by atoms with E-state index < -0.39 is 23.9 Å². The Morgan fingerprint density at radius 2 is 0.662 bits per heavy atom. The molecule has 12 heterocycles. The monoisotopic (exact) mass is 1900 g/mol. The molecule has 0 spiro atoms. The highest BCUT2D eigenvalue weighted by Gasteiger charge is 2.35. The van der Waals surface area contributed by atoms with Crippen molar-refractivity contribution in [1.82, 2.24) is 125 Å². The standard InChI is InChI=1S/C25H31N7O3.C24H32N8O3.C24H29N7O4.C24H29N7O3/c1-15-22(35-18-8-4-7-17(13-18)24(33)34)10-9-20(28-15)23-21(32(2)31-30-23)14-27-25-26-12-11-19(29-25)16-5-3-6-16;1-4-5-9-21-26-14-27-24(29-21)25-13-19-22(30-31-32(19)3)18-10-11-20(15(2)28-18)35-17-8-6-7-16(12-17)23(33)34;1-14-20(34-17-5-3-4-15(12-17)23(32)33)9-8-18(27-14)22-19(31(2)30-29-22)13-26-24-25-11-10-21(28-24)35-16-6-7-16;1-14-21(34-17-5-3-4-16(12-17)23(32)33)9-8-19(27-14)22-20(31(2)30-29-22)13-26-24-25-11-10-18(28-24)15-6-7-15/h9-12,16-18H,3-8,13-14H2,1-2H3,(H,33,34)(H,26,27,29);10-11,14,16-17H,4-9,12-13H2,1-3H3,(H,33,34)(H,25,26,27,29);8-11,15-17H,3-7,12-13H2,1-2H3,(H,32,33)(H,25,26,28);8-11,15-17H,3-7,12-13H2,1-2H3,(H,32,33)(H,25,26,28)/t17-,18-;16-,17-;15-,17-;16-,17-/m0000/s1. The number of aromatic nitrogens is 25. The van der Waals surface area contributed by atoms with Gasteiger partial charge >= 0.3 is 23.9 Å². The number of aliphatic carboxylic acids is 4. The molecule has 0 radical (unpaired) electrons. The molecule has 0 unspecified atom stereocenters. The van der Waals surface area contributed by atoms with Crippen molar-refractivity contribution in [3.63, 3.8) is 0 Å². The number of carboxylic acid groups (broad SMARTS) is 4. The van der Waals surface area contributed by atoms with Gasteiger partial charge < -0.3 is 65.4 Å². The van der Waals surface area contributed by atoms with Crippen LogP contribution in [0.1, 0.15) is 242 Å². The Balaban J connectivity index is 0.000000134. The molecule has 8 atom stereocenters. The molecule has 7 saturated carbocycles. The molecule has 0 amide bonds. The maximum absolute atomic E-state index is 11.4. The summed E-state index contributed by atoms with van der Waals surface area (Å²) in [5.74, 6) is 2.94. The summed E-state index contributed by atoms with van der Waals surface area (Å²) in [4.78, 5) is 104. The fraction of sp³-hybridized carbons (Fsp3) is 0.515. The Hall–Kier alpha value is -14.5. The maximum atomic E-state index is 11.4. The molecule has 0 bridgehead atoms. The molecule has 732 valence electrons. The van der Waals surface area contributed by atoms with Gasteiger partial charge in [0, 0.05) is 82.5 Å². The van der Waals surface area contributed by atoms with E-state index >= 15 is 0 Å². The van der Waals surface area contributed by atoms with E-state index in [2.05, 4.69) is 114 Å². The first-order valence-electron chi connectivity index (χ1n) is 48.2. The summed E-state index contributed by atoms with van der Waals surface area (Å²) in [7, 11) is 7.36. The lowest BCUT2D eigenvalue weighted by Gasteiger charge is -2.27. The molecular weight excluding hydrogens is 1780 g/mol. The van der Waals surface area contributed by atoms with Crippen molar-refractivity contribution in [1.29, 1.82) is 0 Å². The lowest BCUT2D eigenvalue weighted by Crippen LogP contribution is -2.29. The number of rotatable bonds is 35. The largest absolute Gasteiger partial charge is 0.489 e. The third kappa shape index (κ3) is 25.9. The van der Waals surface area contributed by atoms with Gasteiger partial charge in [0.2, 0.25) is 29.7 Å². The summed E-state index contributed by atoms with van der Waals surface area (Å²) >= 11 is 0. The first-order chi connectivity index (χ1) is 67.3. The van der Waals surface area contributed by atoms with Gasteiger partial charge in [0.05, 0.1) is 143 Å². The van der Waals surface area contributed by atoms with Gasteiger partial charge in [0.15, 0.2) is 0 Å². The van der Waals surface area contributed by atoms with Crippen LogP contribution in [0, 0.1) is 51.4 Å². The SMILES string of the molecule is CCCCc1ncnc(NCc2c(-c3ccc(O[C@H]4CCC[C@H](C(=O)O)C4)c(C)n3)nnn2C)n1.Cc1nc(-c2nnn(C)c2CNc2nccc(C3CC3)n2)ccc1O[C@H]1CCC[C@H](C(=O)O)C1.Cc1nc(-c2nnn(C)c2CNc2nccc(C3CCC3)n2)ccc1O[C@H]1CCC[C@H](C(=O)O)C1.Cc1nc(-c2nnn(C)c2CNc2nccc(OC3CC3)n2)ccc1O[C@H]1CCC[C@H](C(=O)O)C1. The Labute approximate surface area is 803 Å². The van der Waals surface area contributed by atoms with Crippen LogP contribution >= 0.6 is 0 Å². The lowest BCUT2D eigenvalue weighted by atomic mass is 9.83. The van der Waals surface area contributed by atoms with Gasteiger partial charge in [-0.3, -0.25) is 19.2 Å². The highest BCUT2D eigenvalue weighted by atomic mass is 16.5. The molecule has 0 aliphatic heterocycles. The number of hydrogen-bond donors (Lipinski definition) is 8. The number of pyridine rings is 4. The summed E-state index contributed by atoms with van der Waals surface area (Å²) < 4.78 is 37.2. The molecule has 139 heavy (non-hydrogen) atoms. The Morgan fingerprint density at radius 3 is 0.964 bits per heavy atom. The summed E-state index contributed by atoms with van der Waals surface area (Å²) in [6.07, 6.45) is 29.5. The number of unbranched alkanes of at least 4 members (excludes halogenated alkanes) is 1. The van der Waals surface area contributed by atoms with Crippen molar-refractivity contribution in [2.24, 2.45) is 51.9 Å². The zero-order valence-corrected chi connectivity index (χ0v) is 79.9. The Kier molecular flexibility index (Phi) is 32.0. The Bertz CT molecular complexity index is 6260. The second-order valence-electron chi connectivity index (χ2n) is 36.7. The molecule has 19 rings (SSSR count). The van der Waals surface area contributed by atoms with Gasteiger partial charge in [-0.05, 0) is 236 Å². The van der Waals surface area contributed by atoms with E-state index in [9.17, 15) is 39.6 Å². The minimum atomic E-state index is -0.750. The molecule has 42 heteroatoms. The smallest absolute Gasteiger partial charge is 0.306 e. The Morgan fingerprint density at radius 1 is 0.345 bits per heavy atom. The molecule has 7 aliphatic rings. The highest BCUT2D eigenvalue weighted by Crippen LogP contribution is 2.41. The van der Waals surface area contributed by atoms with Gasteiger partial charge in [0.1, 0.15) is 64.0 Å². The van der Waals surface area contributed by atoms with Crippen molar-refractivity contribution in [3.05, 3.63) is 154 Å². The molecule has 0 saturated heterocycles. The summed E-state index contributed by atoms with van der Waals surface area (Å²) in [5, 5.41) is 84.5. The van der Waals surface area contributed by atoms with Crippen molar-refractivity contribution >= 4 is 47.7 Å². The van der Waals surface area contributed by atoms with Crippen molar-refractivity contribution in [2.45, 2.75) is 270 Å². The number of ether oxygens (including phenoxy) is 5. The van der Waals surface area contributed by atoms with Crippen molar-refractivity contribution in [2.75, 3.05) is 21.3 Å². The fourth-order valence-electron chi connectivity index (χ4n) is 17.8. The van der Waals surface area contributed by atoms with E-state index in [0.29, 0.717) is 188 Å². The van der Waals surface area contributed by atoms with Crippen molar-refractivity contribution < 1.29 is 63.3 Å². The maximum Gasteiger partial charge on any atom is 0.306 e. The normalized spacial score (nSPS) is 19.5. The van der Waals surface area contributed by atoms with Gasteiger partial charge in [-0.15, -0.1) is 20.4 Å². The first-order valence-corrected chi connectivity index (χ1v) is 48.2. The number of anilines is 4. The molecule has 12 aromatic heterocycles. The van der Waals surface area contributed by atoms with Gasteiger partial charge in [-0.25, -0.2) is 73.6 Å². The number of hydrogen-bond acceptors (Lipinski definition) is 34. The molecule has 0 aromatic carbocycles. The van der Waals surface area contributed by atoms with E-state index in [0.717, 1.165) is 146 Å². The average Bonchev–Trinajstić information content (AvgIpc) is 1.66. The number of nitrogens with zero attached hydrogens (tertiary/aromatic N) is 25. The van der Waals surface area contributed by atoms with Gasteiger partial charge in [0.25, 0.3) is 0 Å². The lowest BCUT2D eigenvalue weighted by molar-refractivity contribution is -0.144. The molecule has 42 nitrogen and oxygen atoms in total. The minimum Gasteiger partial charge on any atom is -0.489 e. The fourth-order valence-corrected chi connectivity index (χ4v) is 17.8. The summed E-state index contributed by atoms with van der Waals surface area (Å²) in [6.45, 7) is 11.4. The minimum absolute atomic E-state index is 0.108. The van der Waals surface area contributed by atoms with E-state index in [4.69, 9.17) is 43.6 Å². The van der Waals surface area contributed by atoms with Gasteiger partial charge in [-0.1, -0.05) is 40.6 Å². The predicted octanol–water partition coefficient (Wildman–Crippen LogP) is 13.9. The van der Waals surface area contributed by atoms with Crippen LogP contribution in [0.5, 0.6) is 28.9 Å². The van der Waals surface area contributed by atoms with E-state index in [1.165, 1.54) is 38.4 Å². The topological polar surface area (TPSA) is 534 Å². The van der Waals surface area contributed by atoms with Crippen LogP contribution in [0.4, 0.5) is 23.8 Å². The number of nitrogens with one attached hydrogen (secondary N) is 4. The van der Waals surface area contributed by atoms with Crippen LogP contribution in [0.2, 0.25) is 0 Å². The zero-order chi connectivity index (χ0) is 97.2. The molecule has 12 aromatic rings. The first kappa shape index (κ1) is 97.6. The number of aryl methyl sites for hydroxylation is 9. The second-order valence-corrected chi connectivity index (χ2v) is 36.7. The number of carboxylic acids is 4. The third-order valence-electron chi connectivity index (χ3n) is 26.3. The summed E-state index contributed by atoms with van der Waals surface area (Å²) in [6, 6.07) is 20.7. The van der Waals surface area contributed by atoms with E-state index in [1.807, 2.05) is 117 Å². The third-order valence-corrected chi connectivity index (χ3v) is 26.3. The highest BCUT2D eigenvalue weighted by molar-refractivity contribution is 5.72. The quantitative estimate of drug-likeness (QED) is 0.0183. The van der Waals surface area contributed by atoms with Crippen LogP contribution in [0.25, 0.3) is 45.6 Å². The zero-order valence-electron chi connectivity index (χ0n) is 79.9. The van der Waals surface area contributed by atoms with Crippen LogP contribution < -0.4 is 45.0 Å². The van der Waals surface area contributed by atoms with Crippen LogP contribution in [0.3, 0.4) is 0 Å². The summed E-state index contributed by atoms with van der Waals surface area (Å²) in [5.41, 5.74) is 14.0. The molecular formula is C97H121N29O13. The molecule has 7 fully saturated rings. The van der Waals surface area contributed by atoms with Crippen LogP contribution in [-0.2, 0) is 80.0 Å². The van der Waals surface area contributed by atoms with Gasteiger partial charge in [-0.2, -0.15) is 9.97 Å². The van der Waals surface area contributed by atoms with E-state index in [1.54, 1.807) is 43.4 Å².